The molecule has 0 radical (unpaired) electrons. The van der Waals surface area contributed by atoms with Gasteiger partial charge in [0.15, 0.2) is 5.82 Å². The maximum absolute atomic E-state index is 5.98. The van der Waals surface area contributed by atoms with Crippen molar-refractivity contribution in [3.8, 4) is 11.3 Å². The molecule has 2 aromatic heterocycles. The summed E-state index contributed by atoms with van der Waals surface area (Å²) in [5, 5.41) is 8.29. The average molecular weight is 379 g/mol. The highest BCUT2D eigenvalue weighted by Gasteiger charge is 2.18. The van der Waals surface area contributed by atoms with Gasteiger partial charge in [0.05, 0.1) is 0 Å². The first kappa shape index (κ1) is 17.5. The Kier molecular flexibility index (Phi) is 4.77. The average Bonchev–Trinajstić information content (AvgIpc) is 3.11. The van der Waals surface area contributed by atoms with E-state index in [4.69, 9.17) is 16.1 Å². The van der Waals surface area contributed by atoms with E-state index in [1.54, 1.807) is 0 Å². The van der Waals surface area contributed by atoms with Gasteiger partial charge in [-0.3, -0.25) is 0 Å². The van der Waals surface area contributed by atoms with Gasteiger partial charge in [-0.25, -0.2) is 9.97 Å². The molecule has 0 bridgehead atoms. The molecule has 4 rings (SSSR count). The fourth-order valence-corrected chi connectivity index (χ4v) is 3.14. The Morgan fingerprint density at radius 3 is 2.52 bits per heavy atom. The van der Waals surface area contributed by atoms with Crippen molar-refractivity contribution in [3.05, 3.63) is 71.0 Å². The first-order chi connectivity index (χ1) is 13.1. The van der Waals surface area contributed by atoms with Crippen LogP contribution in [-0.4, -0.2) is 21.7 Å². The predicted molar refractivity (Wildman–Crippen MR) is 108 cm³/mol. The van der Waals surface area contributed by atoms with Crippen molar-refractivity contribution in [2.75, 3.05) is 11.9 Å². The molecule has 27 heavy (non-hydrogen) atoms. The summed E-state index contributed by atoms with van der Waals surface area (Å²) in [5.74, 6) is 1.65. The normalized spacial score (nSPS) is 12.3. The SMILES string of the molecule is Cc1nc(NCC(C)c2ccccc2)c2onc(-c3ccc(Cl)cc3)c2n1. The van der Waals surface area contributed by atoms with Crippen LogP contribution < -0.4 is 5.32 Å². The highest BCUT2D eigenvalue weighted by molar-refractivity contribution is 6.30. The van der Waals surface area contributed by atoms with Crippen molar-refractivity contribution in [2.45, 2.75) is 19.8 Å². The topological polar surface area (TPSA) is 63.8 Å². The quantitative estimate of drug-likeness (QED) is 0.499. The lowest BCUT2D eigenvalue weighted by atomic mass is 10.0. The van der Waals surface area contributed by atoms with E-state index in [0.717, 1.165) is 12.1 Å². The largest absolute Gasteiger partial charge is 0.366 e. The lowest BCUT2D eigenvalue weighted by Crippen LogP contribution is -2.11. The van der Waals surface area contributed by atoms with Gasteiger partial charge in [-0.05, 0) is 30.5 Å². The fraction of sp³-hybridized carbons (Fsp3) is 0.190. The van der Waals surface area contributed by atoms with Crippen LogP contribution in [0.1, 0.15) is 24.2 Å². The summed E-state index contributed by atoms with van der Waals surface area (Å²) >= 11 is 5.98. The van der Waals surface area contributed by atoms with Crippen LogP contribution in [0.2, 0.25) is 5.02 Å². The minimum Gasteiger partial charge on any atom is -0.366 e. The van der Waals surface area contributed by atoms with Crippen LogP contribution in [0.25, 0.3) is 22.4 Å². The number of fused-ring (bicyclic) bond motifs is 1. The van der Waals surface area contributed by atoms with Gasteiger partial charge < -0.3 is 9.84 Å². The van der Waals surface area contributed by atoms with Crippen LogP contribution in [0.5, 0.6) is 0 Å². The van der Waals surface area contributed by atoms with E-state index in [1.165, 1.54) is 5.56 Å². The second kappa shape index (κ2) is 7.37. The Morgan fingerprint density at radius 2 is 1.78 bits per heavy atom. The Bertz CT molecular complexity index is 1060. The lowest BCUT2D eigenvalue weighted by molar-refractivity contribution is 0.459. The summed E-state index contributed by atoms with van der Waals surface area (Å²) in [7, 11) is 0. The molecule has 0 saturated carbocycles. The molecule has 0 amide bonds. The number of anilines is 1. The van der Waals surface area contributed by atoms with Crippen LogP contribution in [0.4, 0.5) is 5.82 Å². The van der Waals surface area contributed by atoms with Crippen LogP contribution in [-0.2, 0) is 0 Å². The van der Waals surface area contributed by atoms with Gasteiger partial charge in [0.25, 0.3) is 0 Å². The molecule has 0 aliphatic heterocycles. The number of halogens is 1. The third kappa shape index (κ3) is 3.64. The van der Waals surface area contributed by atoms with E-state index in [0.29, 0.717) is 39.4 Å². The van der Waals surface area contributed by atoms with Crippen LogP contribution >= 0.6 is 11.6 Å². The lowest BCUT2D eigenvalue weighted by Gasteiger charge is -2.13. The molecule has 0 saturated heterocycles. The zero-order valence-electron chi connectivity index (χ0n) is 15.1. The molecular formula is C21H19ClN4O. The maximum atomic E-state index is 5.98. The van der Waals surface area contributed by atoms with E-state index in [9.17, 15) is 0 Å². The van der Waals surface area contributed by atoms with Gasteiger partial charge in [0, 0.05) is 17.1 Å². The zero-order chi connectivity index (χ0) is 18.8. The van der Waals surface area contributed by atoms with Crippen molar-refractivity contribution in [2.24, 2.45) is 0 Å². The highest BCUT2D eigenvalue weighted by atomic mass is 35.5. The second-order valence-electron chi connectivity index (χ2n) is 6.53. The zero-order valence-corrected chi connectivity index (χ0v) is 15.9. The molecule has 4 aromatic rings. The van der Waals surface area contributed by atoms with E-state index in [2.05, 4.69) is 39.5 Å². The second-order valence-corrected chi connectivity index (χ2v) is 6.96. The molecule has 5 nitrogen and oxygen atoms in total. The summed E-state index contributed by atoms with van der Waals surface area (Å²) in [6.45, 7) is 4.77. The van der Waals surface area contributed by atoms with E-state index >= 15 is 0 Å². The molecule has 0 spiro atoms. The number of nitrogens with one attached hydrogen (secondary N) is 1. The summed E-state index contributed by atoms with van der Waals surface area (Å²) in [5.41, 5.74) is 4.11. The first-order valence-corrected chi connectivity index (χ1v) is 9.18. The molecule has 2 heterocycles. The smallest absolute Gasteiger partial charge is 0.228 e. The molecular weight excluding hydrogens is 360 g/mol. The van der Waals surface area contributed by atoms with Crippen LogP contribution in [0, 0.1) is 6.92 Å². The Morgan fingerprint density at radius 1 is 1.04 bits per heavy atom. The third-order valence-electron chi connectivity index (χ3n) is 4.49. The van der Waals surface area contributed by atoms with Crippen LogP contribution in [0.3, 0.4) is 0 Å². The van der Waals surface area contributed by atoms with Gasteiger partial charge in [-0.2, -0.15) is 0 Å². The summed E-state index contributed by atoms with van der Waals surface area (Å²) in [6, 6.07) is 17.8. The summed E-state index contributed by atoms with van der Waals surface area (Å²) < 4.78 is 5.59. The maximum Gasteiger partial charge on any atom is 0.228 e. The number of hydrogen-bond acceptors (Lipinski definition) is 5. The highest BCUT2D eigenvalue weighted by Crippen LogP contribution is 2.31. The van der Waals surface area contributed by atoms with E-state index in [1.807, 2.05) is 49.4 Å². The molecule has 2 aromatic carbocycles. The van der Waals surface area contributed by atoms with Gasteiger partial charge in [-0.15, -0.1) is 0 Å². The third-order valence-corrected chi connectivity index (χ3v) is 4.74. The Labute approximate surface area is 162 Å². The molecule has 1 atom stereocenters. The standard InChI is InChI=1S/C21H19ClN4O/c1-13(15-6-4-3-5-7-15)12-23-21-20-19(24-14(2)25-21)18(26-27-20)16-8-10-17(22)11-9-16/h3-11,13H,12H2,1-2H3,(H,23,24,25). The number of aryl methyl sites for hydroxylation is 1. The molecule has 136 valence electrons. The van der Waals surface area contributed by atoms with E-state index < -0.39 is 0 Å². The Balaban J connectivity index is 1.65. The van der Waals surface area contributed by atoms with Gasteiger partial charge in [0.1, 0.15) is 17.0 Å². The number of aromatic nitrogens is 3. The summed E-state index contributed by atoms with van der Waals surface area (Å²) in [6.07, 6.45) is 0. The minimum atomic E-state index is 0.329. The van der Waals surface area contributed by atoms with Gasteiger partial charge >= 0.3 is 0 Å². The van der Waals surface area contributed by atoms with Crippen molar-refractivity contribution in [3.63, 3.8) is 0 Å². The molecule has 0 aliphatic rings. The minimum absolute atomic E-state index is 0.329. The van der Waals surface area contributed by atoms with Crippen molar-refractivity contribution in [1.29, 1.82) is 0 Å². The predicted octanol–water partition coefficient (Wildman–Crippen LogP) is 5.46. The molecule has 0 aliphatic carbocycles. The first-order valence-electron chi connectivity index (χ1n) is 8.80. The molecule has 6 heteroatoms. The Hall–Kier alpha value is -2.92. The van der Waals surface area contributed by atoms with Crippen molar-refractivity contribution in [1.82, 2.24) is 15.1 Å². The molecule has 1 N–H and O–H groups in total. The molecule has 1 unspecified atom stereocenters. The monoisotopic (exact) mass is 378 g/mol. The van der Waals surface area contributed by atoms with Crippen molar-refractivity contribution >= 4 is 28.5 Å². The van der Waals surface area contributed by atoms with Gasteiger partial charge in [-0.1, -0.05) is 66.1 Å². The molecule has 0 fully saturated rings. The van der Waals surface area contributed by atoms with Gasteiger partial charge in [0.2, 0.25) is 5.58 Å². The van der Waals surface area contributed by atoms with E-state index in [-0.39, 0.29) is 0 Å². The van der Waals surface area contributed by atoms with Crippen LogP contribution in [0.15, 0.2) is 59.1 Å². The number of hydrogen-bond donors (Lipinski definition) is 1. The number of nitrogens with zero attached hydrogens (tertiary/aromatic N) is 3. The number of benzene rings is 2. The number of rotatable bonds is 5. The van der Waals surface area contributed by atoms with Crippen molar-refractivity contribution < 1.29 is 4.52 Å². The summed E-state index contributed by atoms with van der Waals surface area (Å²) in [4.78, 5) is 9.05. The fourth-order valence-electron chi connectivity index (χ4n) is 3.01.